The second-order valence-corrected chi connectivity index (χ2v) is 6.58. The van der Waals surface area contributed by atoms with Crippen LogP contribution in [0.5, 0.6) is 0 Å². The van der Waals surface area contributed by atoms with E-state index in [1.165, 1.54) is 11.8 Å². The van der Waals surface area contributed by atoms with Crippen molar-refractivity contribution in [3.05, 3.63) is 41.0 Å². The van der Waals surface area contributed by atoms with Crippen molar-refractivity contribution in [1.82, 2.24) is 0 Å². The van der Waals surface area contributed by atoms with E-state index in [1.807, 2.05) is 19.3 Å². The van der Waals surface area contributed by atoms with Crippen LogP contribution in [0.25, 0.3) is 0 Å². The Morgan fingerprint density at radius 3 is 2.47 bits per heavy atom. The minimum atomic E-state index is -3.71. The molecule has 1 aromatic rings. The summed E-state index contributed by atoms with van der Waals surface area (Å²) in [5.41, 5.74) is 1.02. The van der Waals surface area contributed by atoms with Crippen LogP contribution in [0.15, 0.2) is 40.3 Å². The smallest absolute Gasteiger partial charge is 0.339 e. The lowest BCUT2D eigenvalue weighted by molar-refractivity contribution is 0.432. The largest absolute Gasteiger partial charge is 0.372 e. The summed E-state index contributed by atoms with van der Waals surface area (Å²) in [6.45, 7) is 4.01. The van der Waals surface area contributed by atoms with Gasteiger partial charge in [-0.25, -0.2) is 0 Å². The summed E-state index contributed by atoms with van der Waals surface area (Å²) in [7, 11) is -3.71. The first kappa shape index (κ1) is 16.1. The van der Waals surface area contributed by atoms with E-state index in [1.54, 1.807) is 24.3 Å². The molecule has 0 heterocycles. The molecular formula is C14H20O3S2. The monoisotopic (exact) mass is 300 g/mol. The summed E-state index contributed by atoms with van der Waals surface area (Å²) < 4.78 is 29.3. The molecule has 1 aromatic carbocycles. The van der Waals surface area contributed by atoms with Gasteiger partial charge in [0.25, 0.3) is 0 Å². The molecule has 0 bridgehead atoms. The second kappa shape index (κ2) is 7.60. The second-order valence-electron chi connectivity index (χ2n) is 4.22. The van der Waals surface area contributed by atoms with Gasteiger partial charge in [0.05, 0.1) is 0 Å². The molecule has 106 valence electrons. The lowest BCUT2D eigenvalue weighted by Crippen LogP contribution is -2.05. The molecule has 0 fully saturated rings. The number of rotatable bonds is 7. The van der Waals surface area contributed by atoms with Gasteiger partial charge >= 0.3 is 10.1 Å². The van der Waals surface area contributed by atoms with Gasteiger partial charge in [-0.3, -0.25) is 0 Å². The first-order valence-electron chi connectivity index (χ1n) is 6.25. The van der Waals surface area contributed by atoms with Gasteiger partial charge in [0.15, 0.2) is 5.09 Å². The summed E-state index contributed by atoms with van der Waals surface area (Å²) in [4.78, 5) is 0.188. The van der Waals surface area contributed by atoms with Crippen LogP contribution in [-0.2, 0) is 14.3 Å². The van der Waals surface area contributed by atoms with Crippen LogP contribution < -0.4 is 0 Å². The molecule has 0 spiro atoms. The quantitative estimate of drug-likeness (QED) is 0.432. The molecule has 5 heteroatoms. The van der Waals surface area contributed by atoms with E-state index in [0.29, 0.717) is 5.09 Å². The summed E-state index contributed by atoms with van der Waals surface area (Å²) in [5, 5.41) is 0.439. The first-order chi connectivity index (χ1) is 8.99. The van der Waals surface area contributed by atoms with E-state index in [4.69, 9.17) is 4.18 Å². The van der Waals surface area contributed by atoms with E-state index in [-0.39, 0.29) is 4.90 Å². The third kappa shape index (κ3) is 5.28. The minimum Gasteiger partial charge on any atom is -0.372 e. The van der Waals surface area contributed by atoms with E-state index < -0.39 is 10.1 Å². The number of unbranched alkanes of at least 4 members (excludes halogenated alkanes) is 2. The van der Waals surface area contributed by atoms with Gasteiger partial charge in [0.2, 0.25) is 0 Å². The van der Waals surface area contributed by atoms with E-state index >= 15 is 0 Å². The Bertz CT molecular complexity index is 516. The van der Waals surface area contributed by atoms with Crippen LogP contribution in [0.3, 0.4) is 0 Å². The fourth-order valence-electron chi connectivity index (χ4n) is 1.44. The van der Waals surface area contributed by atoms with Gasteiger partial charge in [-0.2, -0.15) is 8.42 Å². The predicted octanol–water partition coefficient (Wildman–Crippen LogP) is 4.09. The highest BCUT2D eigenvalue weighted by Gasteiger charge is 2.17. The number of hydrogen-bond acceptors (Lipinski definition) is 4. The zero-order valence-electron chi connectivity index (χ0n) is 11.5. The minimum absolute atomic E-state index is 0.188. The molecule has 0 aliphatic rings. The van der Waals surface area contributed by atoms with Crippen LogP contribution in [-0.4, -0.2) is 14.7 Å². The van der Waals surface area contributed by atoms with E-state index in [9.17, 15) is 8.42 Å². The van der Waals surface area contributed by atoms with Crippen molar-refractivity contribution in [1.29, 1.82) is 0 Å². The summed E-state index contributed by atoms with van der Waals surface area (Å²) >= 11 is 1.30. The molecule has 0 N–H and O–H groups in total. The molecule has 0 aromatic heterocycles. The topological polar surface area (TPSA) is 43.4 Å². The Balaban J connectivity index is 2.83. The predicted molar refractivity (Wildman–Crippen MR) is 80.6 cm³/mol. The molecule has 0 saturated heterocycles. The Hall–Kier alpha value is -0.940. The van der Waals surface area contributed by atoms with Gasteiger partial charge in [-0.15, -0.1) is 0 Å². The summed E-state index contributed by atoms with van der Waals surface area (Å²) in [6, 6.07) is 6.65. The fraction of sp³-hybridized carbons (Fsp3) is 0.429. The zero-order chi connectivity index (χ0) is 14.3. The van der Waals surface area contributed by atoms with Crippen molar-refractivity contribution in [2.45, 2.75) is 38.0 Å². The van der Waals surface area contributed by atoms with Gasteiger partial charge in [-0.1, -0.05) is 42.8 Å². The lowest BCUT2D eigenvalue weighted by Gasteiger charge is -2.08. The van der Waals surface area contributed by atoms with Crippen LogP contribution in [0.2, 0.25) is 0 Å². The maximum Gasteiger partial charge on any atom is 0.339 e. The van der Waals surface area contributed by atoms with Crippen molar-refractivity contribution in [2.75, 3.05) is 6.26 Å². The average Bonchev–Trinajstić information content (AvgIpc) is 2.38. The third-order valence-corrected chi connectivity index (χ3v) is 4.58. The maximum atomic E-state index is 12.1. The molecule has 3 nitrogen and oxygen atoms in total. The van der Waals surface area contributed by atoms with Gasteiger partial charge in [0, 0.05) is 0 Å². The number of allylic oxidation sites excluding steroid dienone is 1. The Morgan fingerprint density at radius 1 is 1.32 bits per heavy atom. The number of hydrogen-bond donors (Lipinski definition) is 0. The van der Waals surface area contributed by atoms with Crippen LogP contribution in [0, 0.1) is 6.92 Å². The molecule has 0 amide bonds. The normalized spacial score (nSPS) is 12.5. The van der Waals surface area contributed by atoms with Crippen molar-refractivity contribution in [3.8, 4) is 0 Å². The molecule has 0 aliphatic carbocycles. The standard InChI is InChI=1S/C14H20O3S2/c1-4-5-6-7-14(18-3)17-19(15,16)13-10-8-12(2)9-11-13/h7-11H,4-6H2,1-3H3/b14-7-. The molecule has 1 rings (SSSR count). The van der Waals surface area contributed by atoms with Crippen molar-refractivity contribution in [2.24, 2.45) is 0 Å². The first-order valence-corrected chi connectivity index (χ1v) is 8.88. The molecule has 0 atom stereocenters. The van der Waals surface area contributed by atoms with Gasteiger partial charge < -0.3 is 4.18 Å². The number of thioether (sulfide) groups is 1. The lowest BCUT2D eigenvalue weighted by atomic mass is 10.2. The van der Waals surface area contributed by atoms with Crippen molar-refractivity contribution in [3.63, 3.8) is 0 Å². The molecular weight excluding hydrogens is 280 g/mol. The third-order valence-electron chi connectivity index (χ3n) is 2.57. The Kier molecular flexibility index (Phi) is 6.45. The Labute approximate surface area is 120 Å². The highest BCUT2D eigenvalue weighted by Crippen LogP contribution is 2.22. The highest BCUT2D eigenvalue weighted by atomic mass is 32.2. The van der Waals surface area contributed by atoms with Gasteiger partial charge in [0.1, 0.15) is 4.90 Å². The molecule has 0 saturated carbocycles. The molecule has 0 unspecified atom stereocenters. The van der Waals surface area contributed by atoms with Crippen molar-refractivity contribution >= 4 is 21.9 Å². The van der Waals surface area contributed by atoms with Crippen LogP contribution in [0.4, 0.5) is 0 Å². The molecule has 0 aliphatic heterocycles. The van der Waals surface area contributed by atoms with Gasteiger partial charge in [-0.05, 0) is 44.2 Å². The van der Waals surface area contributed by atoms with Crippen molar-refractivity contribution < 1.29 is 12.6 Å². The summed E-state index contributed by atoms with van der Waals surface area (Å²) in [5.74, 6) is 0. The number of benzene rings is 1. The summed E-state index contributed by atoms with van der Waals surface area (Å²) in [6.07, 6.45) is 6.57. The maximum absolute atomic E-state index is 12.1. The zero-order valence-corrected chi connectivity index (χ0v) is 13.2. The van der Waals surface area contributed by atoms with Crippen LogP contribution >= 0.6 is 11.8 Å². The Morgan fingerprint density at radius 2 is 1.95 bits per heavy atom. The van der Waals surface area contributed by atoms with E-state index in [2.05, 4.69) is 6.92 Å². The average molecular weight is 300 g/mol. The molecule has 19 heavy (non-hydrogen) atoms. The van der Waals surface area contributed by atoms with Crippen LogP contribution in [0.1, 0.15) is 31.7 Å². The number of aryl methyl sites for hydroxylation is 1. The molecule has 0 radical (unpaired) electrons. The SMILES string of the molecule is CCCC/C=C(/OS(=O)(=O)c1ccc(C)cc1)SC. The highest BCUT2D eigenvalue weighted by molar-refractivity contribution is 8.02. The fourth-order valence-corrected chi connectivity index (χ4v) is 3.11. The van der Waals surface area contributed by atoms with E-state index in [0.717, 1.165) is 24.8 Å².